The van der Waals surface area contributed by atoms with Crippen molar-refractivity contribution in [1.29, 1.82) is 0 Å². The summed E-state index contributed by atoms with van der Waals surface area (Å²) in [6.07, 6.45) is 0.0769. The fraction of sp³-hybridized carbons (Fsp3) is 0.269. The standard InChI is InChI=1S/C26H27N3O4/c1-18(24(30)28-23-13-7-9-19-8-5-6-12-22(19)23)33-25(31)20-14-16-29(17-15-20)26(32)27-21-10-3-2-4-11-21/h2-13,18,20H,14-17H2,1H3,(H,27,32)(H,28,30). The molecule has 0 radical (unpaired) electrons. The van der Waals surface area contributed by atoms with Crippen molar-refractivity contribution >= 4 is 40.1 Å². The van der Waals surface area contributed by atoms with E-state index in [4.69, 9.17) is 4.74 Å². The van der Waals surface area contributed by atoms with Gasteiger partial charge in [-0.3, -0.25) is 9.59 Å². The lowest BCUT2D eigenvalue weighted by atomic mass is 9.97. The first-order valence-corrected chi connectivity index (χ1v) is 11.1. The van der Waals surface area contributed by atoms with Crippen LogP contribution in [0.15, 0.2) is 72.8 Å². The molecular weight excluding hydrogens is 418 g/mol. The lowest BCUT2D eigenvalue weighted by Crippen LogP contribution is -2.43. The second kappa shape index (κ2) is 10.2. The number of rotatable bonds is 5. The summed E-state index contributed by atoms with van der Waals surface area (Å²) in [4.78, 5) is 39.4. The molecule has 3 amide bonds. The molecule has 0 aromatic heterocycles. The number of nitrogens with one attached hydrogen (secondary N) is 2. The third-order valence-corrected chi connectivity index (χ3v) is 5.85. The first-order chi connectivity index (χ1) is 16.0. The molecule has 1 saturated heterocycles. The van der Waals surface area contributed by atoms with Gasteiger partial charge in [-0.05, 0) is 43.4 Å². The van der Waals surface area contributed by atoms with E-state index in [-0.39, 0.29) is 17.9 Å². The number of anilines is 2. The van der Waals surface area contributed by atoms with E-state index in [1.54, 1.807) is 11.8 Å². The van der Waals surface area contributed by atoms with Crippen LogP contribution in [0.25, 0.3) is 10.8 Å². The Kier molecular flexibility index (Phi) is 6.88. The zero-order chi connectivity index (χ0) is 23.2. The van der Waals surface area contributed by atoms with Gasteiger partial charge in [0.05, 0.1) is 5.92 Å². The predicted molar refractivity (Wildman–Crippen MR) is 128 cm³/mol. The molecule has 1 aliphatic heterocycles. The minimum atomic E-state index is -0.920. The number of nitrogens with zero attached hydrogens (tertiary/aromatic N) is 1. The minimum Gasteiger partial charge on any atom is -0.452 e. The molecule has 0 spiro atoms. The molecule has 3 aromatic carbocycles. The molecule has 1 fully saturated rings. The Labute approximate surface area is 192 Å². The summed E-state index contributed by atoms with van der Waals surface area (Å²) in [7, 11) is 0. The molecule has 4 rings (SSSR count). The molecule has 170 valence electrons. The van der Waals surface area contributed by atoms with Gasteiger partial charge in [-0.2, -0.15) is 0 Å². The van der Waals surface area contributed by atoms with Gasteiger partial charge in [-0.1, -0.05) is 54.6 Å². The van der Waals surface area contributed by atoms with Crippen molar-refractivity contribution in [2.75, 3.05) is 23.7 Å². The number of urea groups is 1. The maximum atomic E-state index is 12.6. The number of piperidine rings is 1. The van der Waals surface area contributed by atoms with Gasteiger partial charge in [-0.25, -0.2) is 4.79 Å². The van der Waals surface area contributed by atoms with Crippen LogP contribution < -0.4 is 10.6 Å². The van der Waals surface area contributed by atoms with Gasteiger partial charge in [0.25, 0.3) is 5.91 Å². The highest BCUT2D eigenvalue weighted by Gasteiger charge is 2.30. The molecule has 1 unspecified atom stereocenters. The Morgan fingerprint density at radius 1 is 0.879 bits per heavy atom. The zero-order valence-electron chi connectivity index (χ0n) is 18.5. The Morgan fingerprint density at radius 2 is 1.55 bits per heavy atom. The van der Waals surface area contributed by atoms with E-state index in [1.165, 1.54) is 0 Å². The Morgan fingerprint density at radius 3 is 2.30 bits per heavy atom. The molecule has 0 saturated carbocycles. The van der Waals surface area contributed by atoms with Crippen molar-refractivity contribution in [3.8, 4) is 0 Å². The topological polar surface area (TPSA) is 87.7 Å². The number of carbonyl (C=O) groups is 3. The van der Waals surface area contributed by atoms with Gasteiger partial charge < -0.3 is 20.3 Å². The lowest BCUT2D eigenvalue weighted by molar-refractivity contribution is -0.158. The monoisotopic (exact) mass is 445 g/mol. The molecule has 1 atom stereocenters. The van der Waals surface area contributed by atoms with Crippen LogP contribution >= 0.6 is 0 Å². The number of hydrogen-bond acceptors (Lipinski definition) is 4. The predicted octanol–water partition coefficient (Wildman–Crippen LogP) is 4.65. The molecular formula is C26H27N3O4. The Balaban J connectivity index is 1.27. The molecule has 2 N–H and O–H groups in total. The van der Waals surface area contributed by atoms with Crippen molar-refractivity contribution in [2.45, 2.75) is 25.9 Å². The SMILES string of the molecule is CC(OC(=O)C1CCN(C(=O)Nc2ccccc2)CC1)C(=O)Nc1cccc2ccccc12. The highest BCUT2D eigenvalue weighted by Crippen LogP contribution is 2.24. The molecule has 1 heterocycles. The average molecular weight is 446 g/mol. The first-order valence-electron chi connectivity index (χ1n) is 11.1. The normalized spacial score (nSPS) is 15.0. The molecule has 0 bridgehead atoms. The first kappa shape index (κ1) is 22.3. The van der Waals surface area contributed by atoms with E-state index in [0.29, 0.717) is 31.6 Å². The van der Waals surface area contributed by atoms with Crippen LogP contribution in [0, 0.1) is 5.92 Å². The summed E-state index contributed by atoms with van der Waals surface area (Å²) >= 11 is 0. The summed E-state index contributed by atoms with van der Waals surface area (Å²) in [5.74, 6) is -1.11. The maximum absolute atomic E-state index is 12.6. The van der Waals surface area contributed by atoms with Crippen LogP contribution in [0.5, 0.6) is 0 Å². The third kappa shape index (κ3) is 5.49. The lowest BCUT2D eigenvalue weighted by Gasteiger charge is -2.31. The third-order valence-electron chi connectivity index (χ3n) is 5.85. The number of hydrogen-bond donors (Lipinski definition) is 2. The van der Waals surface area contributed by atoms with Crippen molar-refractivity contribution in [3.63, 3.8) is 0 Å². The molecule has 3 aromatic rings. The molecule has 7 nitrogen and oxygen atoms in total. The second-order valence-electron chi connectivity index (χ2n) is 8.15. The largest absolute Gasteiger partial charge is 0.452 e. The molecule has 7 heteroatoms. The second-order valence-corrected chi connectivity index (χ2v) is 8.15. The number of fused-ring (bicyclic) bond motifs is 1. The van der Waals surface area contributed by atoms with E-state index in [9.17, 15) is 14.4 Å². The van der Waals surface area contributed by atoms with Gasteiger partial charge in [0.1, 0.15) is 0 Å². The van der Waals surface area contributed by atoms with Crippen LogP contribution in [-0.2, 0) is 14.3 Å². The van der Waals surface area contributed by atoms with Crippen molar-refractivity contribution < 1.29 is 19.1 Å². The summed E-state index contributed by atoms with van der Waals surface area (Å²) in [5.41, 5.74) is 1.41. The summed E-state index contributed by atoms with van der Waals surface area (Å²) in [5, 5.41) is 7.66. The van der Waals surface area contributed by atoms with Gasteiger partial charge in [0.15, 0.2) is 6.10 Å². The number of carbonyl (C=O) groups excluding carboxylic acids is 3. The summed E-state index contributed by atoms with van der Waals surface area (Å²) < 4.78 is 5.46. The van der Waals surface area contributed by atoms with Gasteiger partial charge in [-0.15, -0.1) is 0 Å². The van der Waals surface area contributed by atoms with E-state index < -0.39 is 12.1 Å². The maximum Gasteiger partial charge on any atom is 0.321 e. The Bertz CT molecular complexity index is 1140. The average Bonchev–Trinajstić information content (AvgIpc) is 2.85. The van der Waals surface area contributed by atoms with Crippen LogP contribution in [0.2, 0.25) is 0 Å². The van der Waals surface area contributed by atoms with Gasteiger partial charge in [0, 0.05) is 29.9 Å². The molecule has 33 heavy (non-hydrogen) atoms. The number of para-hydroxylation sites is 1. The van der Waals surface area contributed by atoms with Crippen LogP contribution in [0.4, 0.5) is 16.2 Å². The van der Waals surface area contributed by atoms with E-state index in [0.717, 1.165) is 16.5 Å². The highest BCUT2D eigenvalue weighted by atomic mass is 16.5. The fourth-order valence-corrected chi connectivity index (χ4v) is 3.94. The highest BCUT2D eigenvalue weighted by molar-refractivity contribution is 6.03. The van der Waals surface area contributed by atoms with Crippen LogP contribution in [0.1, 0.15) is 19.8 Å². The van der Waals surface area contributed by atoms with E-state index in [2.05, 4.69) is 10.6 Å². The smallest absolute Gasteiger partial charge is 0.321 e. The van der Waals surface area contributed by atoms with Crippen molar-refractivity contribution in [1.82, 2.24) is 4.90 Å². The fourth-order valence-electron chi connectivity index (χ4n) is 3.94. The van der Waals surface area contributed by atoms with E-state index in [1.807, 2.05) is 72.8 Å². The van der Waals surface area contributed by atoms with Crippen molar-refractivity contribution in [2.24, 2.45) is 5.92 Å². The molecule has 1 aliphatic rings. The van der Waals surface area contributed by atoms with Gasteiger partial charge in [0.2, 0.25) is 0 Å². The number of likely N-dealkylation sites (tertiary alicyclic amines) is 1. The number of amides is 3. The van der Waals surface area contributed by atoms with Crippen LogP contribution in [0.3, 0.4) is 0 Å². The van der Waals surface area contributed by atoms with Gasteiger partial charge >= 0.3 is 12.0 Å². The summed E-state index contributed by atoms with van der Waals surface area (Å²) in [6.45, 7) is 2.48. The van der Waals surface area contributed by atoms with Crippen molar-refractivity contribution in [3.05, 3.63) is 72.8 Å². The number of esters is 1. The zero-order valence-corrected chi connectivity index (χ0v) is 18.5. The minimum absolute atomic E-state index is 0.184. The Hall–Kier alpha value is -3.87. The van der Waals surface area contributed by atoms with E-state index >= 15 is 0 Å². The number of ether oxygens (including phenoxy) is 1. The number of benzene rings is 3. The quantitative estimate of drug-likeness (QED) is 0.560. The van der Waals surface area contributed by atoms with Crippen LogP contribution in [-0.4, -0.2) is 42.0 Å². The molecule has 0 aliphatic carbocycles. The summed E-state index contributed by atoms with van der Waals surface area (Å²) in [6, 6.07) is 22.5.